The summed E-state index contributed by atoms with van der Waals surface area (Å²) in [6.45, 7) is 2.00. The van der Waals surface area contributed by atoms with Gasteiger partial charge in [0.05, 0.1) is 4.92 Å². The van der Waals surface area contributed by atoms with Gasteiger partial charge in [0.2, 0.25) is 5.78 Å². The Kier molecular flexibility index (Phi) is 6.04. The van der Waals surface area contributed by atoms with Crippen LogP contribution in [0.2, 0.25) is 0 Å². The van der Waals surface area contributed by atoms with Gasteiger partial charge in [0.15, 0.2) is 12.4 Å². The van der Waals surface area contributed by atoms with Crippen molar-refractivity contribution < 1.29 is 28.8 Å². The van der Waals surface area contributed by atoms with Gasteiger partial charge in [-0.1, -0.05) is 31.2 Å². The van der Waals surface area contributed by atoms with Crippen molar-refractivity contribution >= 4 is 29.1 Å². The van der Waals surface area contributed by atoms with Gasteiger partial charge in [-0.25, -0.2) is 4.79 Å². The topological polar surface area (TPSA) is 124 Å². The molecule has 1 fully saturated rings. The van der Waals surface area contributed by atoms with Crippen LogP contribution < -0.4 is 0 Å². The standard InChI is InChI=1S/C24H22N2O7/c1-2-14-7-5-6-12-25(14)19(27)13-33-24(30)18-11-10-17-20(21(18)26(31)32)23(29)16-9-4-3-8-15(16)22(17)28/h3-4,8-11,14H,2,5-7,12-13H2,1H3. The number of carbonyl (C=O) groups excluding carboxylic acids is 4. The normalized spacial score (nSPS) is 17.2. The van der Waals surface area contributed by atoms with Gasteiger partial charge in [-0.05, 0) is 37.8 Å². The summed E-state index contributed by atoms with van der Waals surface area (Å²) in [5.41, 5.74) is -1.66. The van der Waals surface area contributed by atoms with Crippen LogP contribution in [0.3, 0.4) is 0 Å². The second kappa shape index (κ2) is 8.93. The summed E-state index contributed by atoms with van der Waals surface area (Å²) in [5, 5.41) is 11.9. The summed E-state index contributed by atoms with van der Waals surface area (Å²) in [7, 11) is 0. The zero-order valence-corrected chi connectivity index (χ0v) is 18.0. The van der Waals surface area contributed by atoms with Gasteiger partial charge in [-0.3, -0.25) is 24.5 Å². The van der Waals surface area contributed by atoms with Gasteiger partial charge >= 0.3 is 5.97 Å². The van der Waals surface area contributed by atoms with E-state index in [4.69, 9.17) is 4.74 Å². The minimum absolute atomic E-state index is 0.0366. The first kappa shape index (κ1) is 22.3. The fourth-order valence-electron chi connectivity index (χ4n) is 4.56. The Morgan fingerprint density at radius 3 is 2.42 bits per heavy atom. The Hall–Kier alpha value is -3.88. The van der Waals surface area contributed by atoms with Crippen molar-refractivity contribution in [3.05, 3.63) is 74.3 Å². The Morgan fingerprint density at radius 2 is 1.76 bits per heavy atom. The van der Waals surface area contributed by atoms with E-state index in [0.29, 0.717) is 6.54 Å². The van der Waals surface area contributed by atoms with Crippen molar-refractivity contribution in [2.45, 2.75) is 38.6 Å². The lowest BCUT2D eigenvalue weighted by Gasteiger charge is -2.35. The fourth-order valence-corrected chi connectivity index (χ4v) is 4.56. The van der Waals surface area contributed by atoms with Crippen LogP contribution in [0.5, 0.6) is 0 Å². The number of likely N-dealkylation sites (tertiary alicyclic amines) is 1. The maximum absolute atomic E-state index is 13.0. The number of ether oxygens (including phenoxy) is 1. The lowest BCUT2D eigenvalue weighted by Crippen LogP contribution is -2.45. The molecule has 2 aliphatic rings. The average Bonchev–Trinajstić information content (AvgIpc) is 2.84. The van der Waals surface area contributed by atoms with Crippen LogP contribution in [0.25, 0.3) is 0 Å². The number of amides is 1. The van der Waals surface area contributed by atoms with Crippen molar-refractivity contribution in [2.75, 3.05) is 13.2 Å². The molecule has 0 saturated carbocycles. The molecule has 0 aromatic heterocycles. The third-order valence-electron chi connectivity index (χ3n) is 6.21. The van der Waals surface area contributed by atoms with Crippen LogP contribution in [-0.4, -0.2) is 52.5 Å². The van der Waals surface area contributed by atoms with Gasteiger partial charge in [0, 0.05) is 29.3 Å². The van der Waals surface area contributed by atoms with E-state index in [-0.39, 0.29) is 28.6 Å². The minimum atomic E-state index is -1.10. The molecule has 0 spiro atoms. The Labute approximate surface area is 189 Å². The van der Waals surface area contributed by atoms with Crippen LogP contribution in [0.4, 0.5) is 5.69 Å². The lowest BCUT2D eigenvalue weighted by atomic mass is 9.82. The third kappa shape index (κ3) is 3.90. The number of rotatable bonds is 5. The quantitative estimate of drug-likeness (QED) is 0.332. The van der Waals surface area contributed by atoms with E-state index in [1.54, 1.807) is 17.0 Å². The van der Waals surface area contributed by atoms with Crippen molar-refractivity contribution in [1.29, 1.82) is 0 Å². The molecule has 2 aromatic rings. The fraction of sp³-hybridized carbons (Fsp3) is 0.333. The molecule has 9 nitrogen and oxygen atoms in total. The summed E-state index contributed by atoms with van der Waals surface area (Å²) in [6, 6.07) is 8.42. The molecule has 2 aromatic carbocycles. The van der Waals surface area contributed by atoms with Crippen LogP contribution in [0.1, 0.15) is 74.8 Å². The van der Waals surface area contributed by atoms with E-state index in [9.17, 15) is 29.3 Å². The number of esters is 1. The molecular weight excluding hydrogens is 428 g/mol. The maximum atomic E-state index is 13.0. The zero-order valence-electron chi connectivity index (χ0n) is 18.0. The number of hydrogen-bond donors (Lipinski definition) is 0. The summed E-state index contributed by atoms with van der Waals surface area (Å²) in [6.07, 6.45) is 3.56. The van der Waals surface area contributed by atoms with Crippen molar-refractivity contribution in [2.24, 2.45) is 0 Å². The summed E-state index contributed by atoms with van der Waals surface area (Å²) in [5.74, 6) is -2.71. The monoisotopic (exact) mass is 450 g/mol. The first-order valence-electron chi connectivity index (χ1n) is 10.8. The van der Waals surface area contributed by atoms with Crippen LogP contribution in [-0.2, 0) is 9.53 Å². The molecule has 1 amide bonds. The van der Waals surface area contributed by atoms with Crippen molar-refractivity contribution in [3.63, 3.8) is 0 Å². The van der Waals surface area contributed by atoms with Gasteiger partial charge in [-0.15, -0.1) is 0 Å². The molecule has 1 atom stereocenters. The number of nitro benzene ring substituents is 1. The maximum Gasteiger partial charge on any atom is 0.345 e. The first-order chi connectivity index (χ1) is 15.8. The van der Waals surface area contributed by atoms with Crippen molar-refractivity contribution in [1.82, 2.24) is 4.90 Å². The molecule has 0 radical (unpaired) electrons. The molecule has 170 valence electrons. The van der Waals surface area contributed by atoms with Gasteiger partial charge < -0.3 is 9.64 Å². The Morgan fingerprint density at radius 1 is 1.06 bits per heavy atom. The highest BCUT2D eigenvalue weighted by molar-refractivity contribution is 6.30. The number of hydrogen-bond acceptors (Lipinski definition) is 7. The average molecular weight is 450 g/mol. The number of carbonyl (C=O) groups is 4. The van der Waals surface area contributed by atoms with Crippen LogP contribution in [0.15, 0.2) is 36.4 Å². The van der Waals surface area contributed by atoms with Gasteiger partial charge in [-0.2, -0.15) is 0 Å². The van der Waals surface area contributed by atoms with Crippen LogP contribution >= 0.6 is 0 Å². The first-order valence-corrected chi connectivity index (χ1v) is 10.8. The molecule has 1 aliphatic heterocycles. The minimum Gasteiger partial charge on any atom is -0.452 e. The largest absolute Gasteiger partial charge is 0.452 e. The Bertz CT molecular complexity index is 1190. The number of nitrogens with zero attached hydrogens (tertiary/aromatic N) is 2. The number of ketones is 2. The number of nitro groups is 1. The molecule has 4 rings (SSSR count). The predicted molar refractivity (Wildman–Crippen MR) is 116 cm³/mol. The second-order valence-corrected chi connectivity index (χ2v) is 8.07. The molecule has 0 bridgehead atoms. The van der Waals surface area contributed by atoms with E-state index in [0.717, 1.165) is 31.7 Å². The predicted octanol–water partition coefficient (Wildman–Crippen LogP) is 3.32. The summed E-state index contributed by atoms with van der Waals surface area (Å²) >= 11 is 0. The highest BCUT2D eigenvalue weighted by Crippen LogP contribution is 2.35. The van der Waals surface area contributed by atoms with Crippen molar-refractivity contribution in [3.8, 4) is 0 Å². The van der Waals surface area contributed by atoms with Gasteiger partial charge in [0.1, 0.15) is 11.1 Å². The van der Waals surface area contributed by atoms with E-state index in [2.05, 4.69) is 0 Å². The van der Waals surface area contributed by atoms with Gasteiger partial charge in [0.25, 0.3) is 11.6 Å². The highest BCUT2D eigenvalue weighted by atomic mass is 16.6. The van der Waals surface area contributed by atoms with E-state index < -0.39 is 45.9 Å². The molecule has 33 heavy (non-hydrogen) atoms. The molecule has 1 heterocycles. The molecule has 1 unspecified atom stereocenters. The molecular formula is C24H22N2O7. The summed E-state index contributed by atoms with van der Waals surface area (Å²) < 4.78 is 5.12. The smallest absolute Gasteiger partial charge is 0.345 e. The van der Waals surface area contributed by atoms with Crippen LogP contribution in [0, 0.1) is 10.1 Å². The van der Waals surface area contributed by atoms with E-state index in [1.165, 1.54) is 18.2 Å². The second-order valence-electron chi connectivity index (χ2n) is 8.07. The highest BCUT2D eigenvalue weighted by Gasteiger charge is 2.39. The molecule has 9 heteroatoms. The zero-order chi connectivity index (χ0) is 23.7. The SMILES string of the molecule is CCC1CCCCN1C(=O)COC(=O)c1ccc2c(c1[N+](=O)[O-])C(=O)c1ccccc1C2=O. The number of benzene rings is 2. The molecule has 1 aliphatic carbocycles. The molecule has 0 N–H and O–H groups in total. The van der Waals surface area contributed by atoms with E-state index >= 15 is 0 Å². The molecule has 1 saturated heterocycles. The number of fused-ring (bicyclic) bond motifs is 2. The Balaban J connectivity index is 1.63. The third-order valence-corrected chi connectivity index (χ3v) is 6.21. The number of piperidine rings is 1. The summed E-state index contributed by atoms with van der Waals surface area (Å²) in [4.78, 5) is 63.9. The lowest BCUT2D eigenvalue weighted by molar-refractivity contribution is -0.385. The van der Waals surface area contributed by atoms with E-state index in [1.807, 2.05) is 6.92 Å².